The summed E-state index contributed by atoms with van der Waals surface area (Å²) in [5.41, 5.74) is 14.6. The summed E-state index contributed by atoms with van der Waals surface area (Å²) in [5.74, 6) is -0.609. The average Bonchev–Trinajstić information content (AvgIpc) is 3.44. The molecule has 3 aromatic heterocycles. The second kappa shape index (κ2) is 16.1. The number of aryl methyl sites for hydroxylation is 3. The molecule has 5 heteroatoms. The Morgan fingerprint density at radius 3 is 2.13 bits per heavy atom. The molecule has 275 valence electrons. The quantitative estimate of drug-likeness (QED) is 0.123. The number of furan rings is 1. The van der Waals surface area contributed by atoms with Gasteiger partial charge in [0.2, 0.25) is 0 Å². The van der Waals surface area contributed by atoms with E-state index in [0.717, 1.165) is 56.4 Å². The van der Waals surface area contributed by atoms with Gasteiger partial charge in [0.1, 0.15) is 5.58 Å². The van der Waals surface area contributed by atoms with Crippen molar-refractivity contribution >= 4 is 35.2 Å². The zero-order valence-corrected chi connectivity index (χ0v) is 36.5. The third-order valence-electron chi connectivity index (χ3n) is 9.44. The molecule has 7 rings (SSSR count). The average molecular weight is 894 g/mol. The Balaban J connectivity index is 0.000000230. The first-order valence-corrected chi connectivity index (χ1v) is 21.8. The maximum absolute atomic E-state index is 8.44. The standard InChI is InChI=1S/C31H30NO.C17H22NSi.Ir/c1-19-13-20(2)30(21(3)14-19)24-8-10-29-26(17-24)25-16-23(7-9-28(25)33-29)27-15-22(11-12-32-27)18-31(4,5)6;1-13(2)15-11-16(14-9-7-6-8-10-14)18-12-17(15)19(3,4)5;/h8-17H,18H2,1-6H3;6-9,11-13H,1-5H3;/q2*-1;/i;13D;. The summed E-state index contributed by atoms with van der Waals surface area (Å²) in [6.45, 7) is 24.1. The summed E-state index contributed by atoms with van der Waals surface area (Å²) >= 11 is 0. The van der Waals surface area contributed by atoms with E-state index >= 15 is 0 Å². The van der Waals surface area contributed by atoms with E-state index < -0.39 is 14.0 Å². The molecule has 0 unspecified atom stereocenters. The van der Waals surface area contributed by atoms with Gasteiger partial charge in [-0.2, -0.15) is 0 Å². The van der Waals surface area contributed by atoms with Gasteiger partial charge in [-0.1, -0.05) is 107 Å². The second-order valence-corrected chi connectivity index (χ2v) is 21.7. The van der Waals surface area contributed by atoms with Gasteiger partial charge in [-0.05, 0) is 95.5 Å². The summed E-state index contributed by atoms with van der Waals surface area (Å²) in [7, 11) is -1.50. The van der Waals surface area contributed by atoms with Gasteiger partial charge in [0.05, 0.1) is 13.7 Å². The first-order valence-electron chi connectivity index (χ1n) is 18.8. The summed E-state index contributed by atoms with van der Waals surface area (Å²) < 4.78 is 14.6. The fourth-order valence-electron chi connectivity index (χ4n) is 7.17. The molecule has 0 aliphatic heterocycles. The van der Waals surface area contributed by atoms with Crippen LogP contribution in [0.4, 0.5) is 0 Å². The van der Waals surface area contributed by atoms with Gasteiger partial charge >= 0.3 is 0 Å². The molecule has 3 nitrogen and oxygen atoms in total. The van der Waals surface area contributed by atoms with Crippen LogP contribution in [0.2, 0.25) is 19.6 Å². The molecule has 4 aromatic carbocycles. The minimum absolute atomic E-state index is 0. The van der Waals surface area contributed by atoms with E-state index in [9.17, 15) is 0 Å². The summed E-state index contributed by atoms with van der Waals surface area (Å²) in [6, 6.07) is 36.0. The van der Waals surface area contributed by atoms with Crippen molar-refractivity contribution in [2.75, 3.05) is 0 Å². The van der Waals surface area contributed by atoms with E-state index in [0.29, 0.717) is 0 Å². The van der Waals surface area contributed by atoms with E-state index in [4.69, 9.17) is 5.79 Å². The molecular weight excluding hydrogens is 841 g/mol. The number of fused-ring (bicyclic) bond motifs is 3. The predicted octanol–water partition coefficient (Wildman–Crippen LogP) is 12.8. The van der Waals surface area contributed by atoms with Gasteiger partial charge in [-0.25, -0.2) is 0 Å². The fourth-order valence-corrected chi connectivity index (χ4v) is 8.75. The first kappa shape index (κ1) is 38.6. The van der Waals surface area contributed by atoms with E-state index in [1.807, 2.05) is 56.6 Å². The van der Waals surface area contributed by atoms with Crippen LogP contribution in [-0.2, 0) is 26.5 Å². The normalized spacial score (nSPS) is 12.2. The van der Waals surface area contributed by atoms with Crippen LogP contribution >= 0.6 is 0 Å². The molecule has 0 saturated heterocycles. The topological polar surface area (TPSA) is 38.9 Å². The Kier molecular flexibility index (Phi) is 11.7. The number of benzene rings is 4. The number of nitrogens with zero attached hydrogens (tertiary/aromatic N) is 2. The predicted molar refractivity (Wildman–Crippen MR) is 224 cm³/mol. The molecular formula is C48H52IrN2OSi-2. The fraction of sp³-hybridized carbons (Fsp3) is 0.292. The molecule has 0 spiro atoms. The van der Waals surface area contributed by atoms with Gasteiger partial charge < -0.3 is 14.4 Å². The van der Waals surface area contributed by atoms with Gasteiger partial charge in [0.25, 0.3) is 0 Å². The van der Waals surface area contributed by atoms with Crippen LogP contribution in [-0.4, -0.2) is 18.0 Å². The number of aromatic nitrogens is 2. The molecule has 7 aromatic rings. The van der Waals surface area contributed by atoms with Crippen LogP contribution in [0.15, 0.2) is 102 Å². The monoisotopic (exact) mass is 894 g/mol. The van der Waals surface area contributed by atoms with Crippen molar-refractivity contribution in [2.45, 2.75) is 87.3 Å². The largest absolute Gasteiger partial charge is 0.500 e. The smallest absolute Gasteiger partial charge is 0.121 e. The van der Waals surface area contributed by atoms with Crippen LogP contribution in [0.1, 0.15) is 69.7 Å². The van der Waals surface area contributed by atoms with Crippen LogP contribution in [0.5, 0.6) is 0 Å². The first-order chi connectivity index (χ1) is 24.9. The van der Waals surface area contributed by atoms with Gasteiger partial charge in [0, 0.05) is 39.3 Å². The van der Waals surface area contributed by atoms with Crippen molar-refractivity contribution in [1.29, 1.82) is 0 Å². The van der Waals surface area contributed by atoms with Crippen LogP contribution < -0.4 is 5.19 Å². The van der Waals surface area contributed by atoms with E-state index in [1.54, 1.807) is 0 Å². The Labute approximate surface area is 333 Å². The Morgan fingerprint density at radius 1 is 0.792 bits per heavy atom. The van der Waals surface area contributed by atoms with E-state index in [2.05, 4.69) is 138 Å². The molecule has 3 heterocycles. The van der Waals surface area contributed by atoms with Crippen molar-refractivity contribution < 1.29 is 25.9 Å². The van der Waals surface area contributed by atoms with Crippen LogP contribution in [0.3, 0.4) is 0 Å². The van der Waals surface area contributed by atoms with E-state index in [1.165, 1.54) is 38.6 Å². The molecule has 0 aliphatic carbocycles. The minimum Gasteiger partial charge on any atom is -0.500 e. The van der Waals surface area contributed by atoms with Gasteiger partial charge in [0.15, 0.2) is 0 Å². The second-order valence-electron chi connectivity index (χ2n) is 16.6. The van der Waals surface area contributed by atoms with Crippen molar-refractivity contribution in [3.8, 4) is 33.6 Å². The molecule has 0 fully saturated rings. The number of pyridine rings is 2. The van der Waals surface area contributed by atoms with Crippen molar-refractivity contribution in [3.63, 3.8) is 0 Å². The van der Waals surface area contributed by atoms with Crippen molar-refractivity contribution in [1.82, 2.24) is 9.97 Å². The molecule has 0 bridgehead atoms. The maximum Gasteiger partial charge on any atom is 0.121 e. The van der Waals surface area contributed by atoms with Gasteiger partial charge in [-0.3, -0.25) is 0 Å². The number of hydrogen-bond acceptors (Lipinski definition) is 3. The molecule has 0 atom stereocenters. The van der Waals surface area contributed by atoms with Gasteiger partial charge in [-0.15, -0.1) is 59.7 Å². The zero-order valence-electron chi connectivity index (χ0n) is 34.1. The van der Waals surface area contributed by atoms with Crippen molar-refractivity contribution in [2.24, 2.45) is 5.41 Å². The third-order valence-corrected chi connectivity index (χ3v) is 11.5. The molecule has 0 aliphatic rings. The number of rotatable bonds is 6. The summed E-state index contributed by atoms with van der Waals surface area (Å²) in [5, 5.41) is 3.51. The van der Waals surface area contributed by atoms with Crippen LogP contribution in [0, 0.1) is 38.3 Å². The van der Waals surface area contributed by atoms with Crippen molar-refractivity contribution in [3.05, 3.63) is 137 Å². The molecule has 1 radical (unpaired) electrons. The third kappa shape index (κ3) is 9.33. The molecule has 53 heavy (non-hydrogen) atoms. The SMILES string of the molecule is Cc1cc(C)c(-c2ccc3oc4c[c-]c(-c5cc(CC(C)(C)C)ccn5)cc4c3c2)c(C)c1.[2H]C(C)(C)c1cc(-c2[c-]cccc2)ncc1[Si](C)(C)C.[Ir]. The minimum atomic E-state index is -1.50. The van der Waals surface area contributed by atoms with E-state index in [-0.39, 0.29) is 25.5 Å². The Bertz CT molecular complexity index is 2390. The molecule has 0 N–H and O–H groups in total. The summed E-state index contributed by atoms with van der Waals surface area (Å²) in [6.07, 6.45) is 4.90. The Hall–Kier alpha value is -4.15. The zero-order chi connectivity index (χ0) is 38.3. The summed E-state index contributed by atoms with van der Waals surface area (Å²) in [4.78, 5) is 9.26. The maximum atomic E-state index is 8.44. The molecule has 0 saturated carbocycles. The van der Waals surface area contributed by atoms with Crippen LogP contribution in [0.25, 0.3) is 55.6 Å². The molecule has 0 amide bonds. The number of hydrogen-bond donors (Lipinski definition) is 0. The Morgan fingerprint density at radius 2 is 1.49 bits per heavy atom.